The normalized spacial score (nSPS) is 11.8. The maximum Gasteiger partial charge on any atom is -0.0132 e. The van der Waals surface area contributed by atoms with Gasteiger partial charge < -0.3 is 0 Å². The minimum absolute atomic E-state index is 0.276. The Labute approximate surface area is 120 Å². The van der Waals surface area contributed by atoms with Gasteiger partial charge in [0.2, 0.25) is 0 Å². The highest BCUT2D eigenvalue weighted by Gasteiger charge is 2.12. The molecule has 0 aromatic heterocycles. The van der Waals surface area contributed by atoms with Gasteiger partial charge in [-0.25, -0.2) is 0 Å². The lowest BCUT2D eigenvalue weighted by atomic mass is 9.86. The molecule has 0 heterocycles. The van der Waals surface area contributed by atoms with Gasteiger partial charge >= 0.3 is 0 Å². The molecule has 1 aromatic carbocycles. The molecule has 0 amide bonds. The molecule has 0 bridgehead atoms. The van der Waals surface area contributed by atoms with E-state index >= 15 is 0 Å². The largest absolute Gasteiger partial charge is 0.0654 e. The van der Waals surface area contributed by atoms with Crippen LogP contribution in [0.25, 0.3) is 0 Å². The van der Waals surface area contributed by atoms with Crippen LogP contribution in [0.15, 0.2) is 24.3 Å². The highest BCUT2D eigenvalue weighted by Crippen LogP contribution is 2.22. The van der Waals surface area contributed by atoms with E-state index in [0.29, 0.717) is 0 Å². The summed E-state index contributed by atoms with van der Waals surface area (Å²) < 4.78 is 0. The van der Waals surface area contributed by atoms with Gasteiger partial charge in [-0.15, -0.1) is 0 Å². The molecule has 0 aliphatic carbocycles. The van der Waals surface area contributed by atoms with E-state index in [1.165, 1.54) is 62.5 Å². The molecule has 0 fully saturated rings. The molecule has 0 aliphatic heterocycles. The van der Waals surface area contributed by atoms with Gasteiger partial charge in [0.15, 0.2) is 0 Å². The molecule has 108 valence electrons. The molecule has 0 spiro atoms. The van der Waals surface area contributed by atoms with Gasteiger partial charge in [0.1, 0.15) is 0 Å². The van der Waals surface area contributed by atoms with Crippen molar-refractivity contribution in [2.75, 3.05) is 0 Å². The van der Waals surface area contributed by atoms with Gasteiger partial charge in [0, 0.05) is 0 Å². The summed E-state index contributed by atoms with van der Waals surface area (Å²) in [5.74, 6) is 0. The minimum Gasteiger partial charge on any atom is -0.0654 e. The fraction of sp³-hybridized carbons (Fsp3) is 0.684. The van der Waals surface area contributed by atoms with Gasteiger partial charge in [0.25, 0.3) is 0 Å². The average molecular weight is 260 g/mol. The van der Waals surface area contributed by atoms with Crippen LogP contribution in [0.1, 0.15) is 83.8 Å². The van der Waals surface area contributed by atoms with Gasteiger partial charge in [-0.1, -0.05) is 90.5 Å². The molecule has 19 heavy (non-hydrogen) atoms. The maximum atomic E-state index is 2.32. The highest BCUT2D eigenvalue weighted by molar-refractivity contribution is 5.27. The van der Waals surface area contributed by atoms with Gasteiger partial charge in [0.05, 0.1) is 0 Å². The van der Waals surface area contributed by atoms with Crippen molar-refractivity contribution >= 4 is 0 Å². The second-order valence-corrected chi connectivity index (χ2v) is 6.82. The van der Waals surface area contributed by atoms with Crippen LogP contribution in [0.2, 0.25) is 0 Å². The Balaban J connectivity index is 2.20. The molecule has 0 nitrogen and oxygen atoms in total. The van der Waals surface area contributed by atoms with E-state index in [4.69, 9.17) is 0 Å². The molecule has 0 aliphatic rings. The monoisotopic (exact) mass is 260 g/mol. The summed E-state index contributed by atoms with van der Waals surface area (Å²) in [7, 11) is 0. The zero-order chi connectivity index (χ0) is 14.1. The van der Waals surface area contributed by atoms with Crippen molar-refractivity contribution in [2.45, 2.75) is 84.5 Å². The second kappa shape index (κ2) is 8.40. The fourth-order valence-corrected chi connectivity index (χ4v) is 2.46. The third-order valence-electron chi connectivity index (χ3n) is 3.89. The highest BCUT2D eigenvalue weighted by atomic mass is 14.2. The first-order valence-corrected chi connectivity index (χ1v) is 8.13. The predicted octanol–water partition coefficient (Wildman–Crippen LogP) is 6.28. The first-order valence-electron chi connectivity index (χ1n) is 8.13. The topological polar surface area (TPSA) is 0 Å². The van der Waals surface area contributed by atoms with Crippen LogP contribution in [0.5, 0.6) is 0 Å². The first kappa shape index (κ1) is 16.3. The van der Waals surface area contributed by atoms with Crippen molar-refractivity contribution in [3.63, 3.8) is 0 Å². The quantitative estimate of drug-likeness (QED) is 0.483. The summed E-state index contributed by atoms with van der Waals surface area (Å²) in [5, 5.41) is 0. The van der Waals surface area contributed by atoms with E-state index in [0.717, 1.165) is 0 Å². The van der Waals surface area contributed by atoms with Crippen molar-refractivity contribution in [3.05, 3.63) is 35.4 Å². The molecule has 0 unspecified atom stereocenters. The molecular formula is C19H32. The van der Waals surface area contributed by atoms with Crippen molar-refractivity contribution in [1.29, 1.82) is 0 Å². The molecular weight excluding hydrogens is 228 g/mol. The zero-order valence-corrected chi connectivity index (χ0v) is 13.5. The van der Waals surface area contributed by atoms with Crippen LogP contribution in [-0.2, 0) is 11.8 Å². The Hall–Kier alpha value is -0.780. The Morgan fingerprint density at radius 3 is 1.79 bits per heavy atom. The van der Waals surface area contributed by atoms with Crippen LogP contribution in [0, 0.1) is 0 Å². The minimum atomic E-state index is 0.276. The van der Waals surface area contributed by atoms with Crippen molar-refractivity contribution < 1.29 is 0 Å². The van der Waals surface area contributed by atoms with Crippen molar-refractivity contribution in [3.8, 4) is 0 Å². The fourth-order valence-electron chi connectivity index (χ4n) is 2.46. The smallest absolute Gasteiger partial charge is 0.0132 e. The lowest BCUT2D eigenvalue weighted by Gasteiger charge is -2.19. The standard InChI is InChI=1S/C19H32/c1-5-6-7-8-9-10-11-12-17-13-15-18(16-14-17)19(2,3)4/h13-16H,5-12H2,1-4H3. The number of hydrogen-bond acceptors (Lipinski definition) is 0. The van der Waals surface area contributed by atoms with Gasteiger partial charge in [-0.3, -0.25) is 0 Å². The molecule has 0 heteroatoms. The Bertz CT molecular complexity index is 326. The Kier molecular flexibility index (Phi) is 7.20. The van der Waals surface area contributed by atoms with E-state index in [1.54, 1.807) is 0 Å². The molecule has 0 N–H and O–H groups in total. The molecule has 1 aromatic rings. The average Bonchev–Trinajstić information content (AvgIpc) is 2.37. The SMILES string of the molecule is CCCCCCCCCc1ccc(C(C)(C)C)cc1. The Morgan fingerprint density at radius 1 is 0.737 bits per heavy atom. The lowest BCUT2D eigenvalue weighted by Crippen LogP contribution is -2.10. The number of benzene rings is 1. The van der Waals surface area contributed by atoms with Crippen LogP contribution in [-0.4, -0.2) is 0 Å². The van der Waals surface area contributed by atoms with E-state index in [2.05, 4.69) is 52.0 Å². The summed E-state index contributed by atoms with van der Waals surface area (Å²) >= 11 is 0. The molecule has 0 atom stereocenters. The summed E-state index contributed by atoms with van der Waals surface area (Å²) in [4.78, 5) is 0. The third kappa shape index (κ3) is 6.80. The predicted molar refractivity (Wildman–Crippen MR) is 86.8 cm³/mol. The maximum absolute atomic E-state index is 2.32. The number of aryl methyl sites for hydroxylation is 1. The van der Waals surface area contributed by atoms with Crippen LogP contribution in [0.4, 0.5) is 0 Å². The lowest BCUT2D eigenvalue weighted by molar-refractivity contribution is 0.585. The van der Waals surface area contributed by atoms with E-state index in [9.17, 15) is 0 Å². The summed E-state index contributed by atoms with van der Waals surface area (Å²) in [6, 6.07) is 9.24. The first-order chi connectivity index (χ1) is 9.04. The van der Waals surface area contributed by atoms with Crippen LogP contribution in [0.3, 0.4) is 0 Å². The van der Waals surface area contributed by atoms with Crippen molar-refractivity contribution in [2.24, 2.45) is 0 Å². The zero-order valence-electron chi connectivity index (χ0n) is 13.5. The van der Waals surface area contributed by atoms with Gasteiger partial charge in [-0.05, 0) is 29.4 Å². The molecule has 0 saturated heterocycles. The van der Waals surface area contributed by atoms with Gasteiger partial charge in [-0.2, -0.15) is 0 Å². The van der Waals surface area contributed by atoms with E-state index in [1.807, 2.05) is 0 Å². The number of hydrogen-bond donors (Lipinski definition) is 0. The van der Waals surface area contributed by atoms with E-state index in [-0.39, 0.29) is 5.41 Å². The number of rotatable bonds is 8. The van der Waals surface area contributed by atoms with Crippen LogP contribution < -0.4 is 0 Å². The second-order valence-electron chi connectivity index (χ2n) is 6.82. The summed E-state index contributed by atoms with van der Waals surface area (Å²) in [6.45, 7) is 9.11. The molecule has 0 radical (unpaired) electrons. The Morgan fingerprint density at radius 2 is 1.26 bits per heavy atom. The summed E-state index contributed by atoms with van der Waals surface area (Å²) in [6.07, 6.45) is 11.0. The van der Waals surface area contributed by atoms with Crippen LogP contribution >= 0.6 is 0 Å². The molecule has 0 saturated carbocycles. The van der Waals surface area contributed by atoms with Crippen molar-refractivity contribution in [1.82, 2.24) is 0 Å². The summed E-state index contributed by atoms with van der Waals surface area (Å²) in [5.41, 5.74) is 3.22. The van der Waals surface area contributed by atoms with E-state index < -0.39 is 0 Å². The molecule has 1 rings (SSSR count). The number of unbranched alkanes of at least 4 members (excludes halogenated alkanes) is 6. The third-order valence-corrected chi connectivity index (χ3v) is 3.89.